The highest BCUT2D eigenvalue weighted by Crippen LogP contribution is 2.30. The average molecular weight is 258 g/mol. The molecule has 1 aliphatic heterocycles. The van der Waals surface area contributed by atoms with E-state index in [4.69, 9.17) is 0 Å². The van der Waals surface area contributed by atoms with Crippen molar-refractivity contribution in [3.05, 3.63) is 23.4 Å². The van der Waals surface area contributed by atoms with Crippen molar-refractivity contribution < 1.29 is 0 Å². The zero-order valence-corrected chi connectivity index (χ0v) is 12.0. The highest BCUT2D eigenvalue weighted by atomic mass is 15.1. The van der Waals surface area contributed by atoms with Crippen LogP contribution >= 0.6 is 0 Å². The first-order valence-electron chi connectivity index (χ1n) is 6.82. The molecule has 0 radical (unpaired) electrons. The molecular weight excluding hydrogens is 236 g/mol. The number of aromatic nitrogens is 1. The third-order valence-electron chi connectivity index (χ3n) is 4.15. The minimum atomic E-state index is 0.296. The van der Waals surface area contributed by atoms with Crippen molar-refractivity contribution in [1.82, 2.24) is 9.88 Å². The molecule has 0 unspecified atom stereocenters. The maximum absolute atomic E-state index is 9.20. The molecule has 1 aliphatic rings. The number of likely N-dealkylation sites (tertiary alicyclic amines) is 1. The van der Waals surface area contributed by atoms with E-state index in [1.54, 1.807) is 6.20 Å². The van der Waals surface area contributed by atoms with Gasteiger partial charge in [-0.25, -0.2) is 4.98 Å². The second-order valence-electron chi connectivity index (χ2n) is 5.93. The van der Waals surface area contributed by atoms with Crippen molar-refractivity contribution in [3.63, 3.8) is 0 Å². The first-order valence-corrected chi connectivity index (χ1v) is 6.82. The normalized spacial score (nSPS) is 18.8. The Bertz CT molecular complexity index is 481. The Morgan fingerprint density at radius 3 is 2.79 bits per heavy atom. The third-order valence-corrected chi connectivity index (χ3v) is 4.15. The lowest BCUT2D eigenvalue weighted by Crippen LogP contribution is -2.40. The molecule has 1 N–H and O–H groups in total. The molecule has 2 rings (SSSR count). The Morgan fingerprint density at radius 2 is 2.16 bits per heavy atom. The van der Waals surface area contributed by atoms with Crippen molar-refractivity contribution in [1.29, 1.82) is 5.26 Å². The number of hydrogen-bond acceptors (Lipinski definition) is 4. The van der Waals surface area contributed by atoms with Crippen LogP contribution in [0.3, 0.4) is 0 Å². The molecule has 0 aliphatic carbocycles. The molecule has 102 valence electrons. The predicted molar refractivity (Wildman–Crippen MR) is 77.0 cm³/mol. The Kier molecular flexibility index (Phi) is 4.06. The maximum Gasteiger partial charge on any atom is 0.144 e. The Balaban J connectivity index is 2.03. The maximum atomic E-state index is 9.20. The summed E-state index contributed by atoms with van der Waals surface area (Å²) in [7, 11) is 2.17. The SMILES string of the molecule is Cc1ccnc(NCC2(C)CCN(C)CC2)c1C#N. The summed E-state index contributed by atoms with van der Waals surface area (Å²) in [5.74, 6) is 0.725. The molecule has 0 spiro atoms. The number of pyridine rings is 1. The largest absolute Gasteiger partial charge is 0.368 e. The van der Waals surface area contributed by atoms with Crippen LogP contribution in [0.15, 0.2) is 12.3 Å². The number of piperidine rings is 1. The molecule has 1 aromatic heterocycles. The van der Waals surface area contributed by atoms with Gasteiger partial charge in [0.1, 0.15) is 11.9 Å². The van der Waals surface area contributed by atoms with Gasteiger partial charge in [0.2, 0.25) is 0 Å². The molecule has 0 atom stereocenters. The molecule has 0 aromatic carbocycles. The van der Waals surface area contributed by atoms with Crippen LogP contribution in [0, 0.1) is 23.7 Å². The summed E-state index contributed by atoms with van der Waals surface area (Å²) in [6, 6.07) is 4.11. The minimum Gasteiger partial charge on any atom is -0.368 e. The van der Waals surface area contributed by atoms with Crippen molar-refractivity contribution in [2.45, 2.75) is 26.7 Å². The van der Waals surface area contributed by atoms with Crippen molar-refractivity contribution >= 4 is 5.82 Å². The molecule has 1 aromatic rings. The van der Waals surface area contributed by atoms with Gasteiger partial charge in [-0.1, -0.05) is 6.92 Å². The lowest BCUT2D eigenvalue weighted by molar-refractivity contribution is 0.150. The zero-order chi connectivity index (χ0) is 13.9. The van der Waals surface area contributed by atoms with Crippen molar-refractivity contribution in [2.75, 3.05) is 32.0 Å². The van der Waals surface area contributed by atoms with E-state index in [9.17, 15) is 5.26 Å². The second kappa shape index (κ2) is 5.58. The van der Waals surface area contributed by atoms with E-state index in [0.717, 1.165) is 31.0 Å². The average Bonchev–Trinajstić information content (AvgIpc) is 2.40. The van der Waals surface area contributed by atoms with Gasteiger partial charge in [-0.3, -0.25) is 0 Å². The Hall–Kier alpha value is -1.60. The third kappa shape index (κ3) is 3.24. The molecule has 1 fully saturated rings. The van der Waals surface area contributed by atoms with Crippen molar-refractivity contribution in [3.8, 4) is 6.07 Å². The number of nitrogens with zero attached hydrogens (tertiary/aromatic N) is 3. The molecule has 19 heavy (non-hydrogen) atoms. The highest BCUT2D eigenvalue weighted by Gasteiger charge is 2.28. The second-order valence-corrected chi connectivity index (χ2v) is 5.93. The molecular formula is C15H22N4. The summed E-state index contributed by atoms with van der Waals surface area (Å²) < 4.78 is 0. The summed E-state index contributed by atoms with van der Waals surface area (Å²) in [6.45, 7) is 7.43. The van der Waals surface area contributed by atoms with Crippen LogP contribution in [0.4, 0.5) is 5.82 Å². The van der Waals surface area contributed by atoms with Gasteiger partial charge in [-0.2, -0.15) is 5.26 Å². The van der Waals surface area contributed by atoms with Crippen LogP contribution < -0.4 is 5.32 Å². The van der Waals surface area contributed by atoms with E-state index in [2.05, 4.69) is 35.2 Å². The van der Waals surface area contributed by atoms with Crippen LogP contribution in [0.2, 0.25) is 0 Å². The van der Waals surface area contributed by atoms with Crippen LogP contribution in [0.5, 0.6) is 0 Å². The molecule has 0 amide bonds. The fourth-order valence-electron chi connectivity index (χ4n) is 2.47. The van der Waals surface area contributed by atoms with Gasteiger partial charge in [-0.05, 0) is 56.9 Å². The fraction of sp³-hybridized carbons (Fsp3) is 0.600. The Morgan fingerprint density at radius 1 is 1.47 bits per heavy atom. The first-order chi connectivity index (χ1) is 9.04. The minimum absolute atomic E-state index is 0.296. The number of rotatable bonds is 3. The number of hydrogen-bond donors (Lipinski definition) is 1. The van der Waals surface area contributed by atoms with Gasteiger partial charge in [-0.15, -0.1) is 0 Å². The van der Waals surface area contributed by atoms with Crippen LogP contribution in [0.25, 0.3) is 0 Å². The van der Waals surface area contributed by atoms with Gasteiger partial charge in [0.05, 0.1) is 5.56 Å². The highest BCUT2D eigenvalue weighted by molar-refractivity contribution is 5.55. The summed E-state index contributed by atoms with van der Waals surface area (Å²) >= 11 is 0. The lowest BCUT2D eigenvalue weighted by Gasteiger charge is -2.38. The molecule has 4 heteroatoms. The van der Waals surface area contributed by atoms with E-state index in [1.165, 1.54) is 12.8 Å². The van der Waals surface area contributed by atoms with Gasteiger partial charge in [0.25, 0.3) is 0 Å². The molecule has 2 heterocycles. The smallest absolute Gasteiger partial charge is 0.144 e. The fourth-order valence-corrected chi connectivity index (χ4v) is 2.47. The lowest BCUT2D eigenvalue weighted by atomic mass is 9.80. The van der Waals surface area contributed by atoms with Crippen LogP contribution in [-0.2, 0) is 0 Å². The van der Waals surface area contributed by atoms with E-state index < -0.39 is 0 Å². The Labute approximate surface area is 115 Å². The number of nitriles is 1. The van der Waals surface area contributed by atoms with E-state index in [0.29, 0.717) is 11.0 Å². The topological polar surface area (TPSA) is 52.0 Å². The van der Waals surface area contributed by atoms with Gasteiger partial charge in [0.15, 0.2) is 0 Å². The van der Waals surface area contributed by atoms with Crippen LogP contribution in [0.1, 0.15) is 30.9 Å². The quantitative estimate of drug-likeness (QED) is 0.904. The number of nitrogens with one attached hydrogen (secondary N) is 1. The summed E-state index contributed by atoms with van der Waals surface area (Å²) in [6.07, 6.45) is 4.13. The van der Waals surface area contributed by atoms with Gasteiger partial charge >= 0.3 is 0 Å². The van der Waals surface area contributed by atoms with E-state index in [-0.39, 0.29) is 0 Å². The summed E-state index contributed by atoms with van der Waals surface area (Å²) in [5.41, 5.74) is 1.94. The zero-order valence-electron chi connectivity index (χ0n) is 12.0. The van der Waals surface area contributed by atoms with E-state index >= 15 is 0 Å². The molecule has 1 saturated heterocycles. The summed E-state index contributed by atoms with van der Waals surface area (Å²) in [4.78, 5) is 6.67. The standard InChI is InChI=1S/C15H22N4/c1-12-4-7-17-14(13(12)10-16)18-11-15(2)5-8-19(3)9-6-15/h4,7H,5-6,8-9,11H2,1-3H3,(H,17,18). The van der Waals surface area contributed by atoms with Crippen LogP contribution in [-0.4, -0.2) is 36.6 Å². The van der Waals surface area contributed by atoms with Gasteiger partial charge < -0.3 is 10.2 Å². The molecule has 0 saturated carbocycles. The molecule has 4 nitrogen and oxygen atoms in total. The van der Waals surface area contributed by atoms with Crippen molar-refractivity contribution in [2.24, 2.45) is 5.41 Å². The molecule has 0 bridgehead atoms. The monoisotopic (exact) mass is 258 g/mol. The number of anilines is 1. The first kappa shape index (κ1) is 13.8. The summed E-state index contributed by atoms with van der Waals surface area (Å²) in [5, 5.41) is 12.6. The van der Waals surface area contributed by atoms with Gasteiger partial charge in [0, 0.05) is 12.7 Å². The predicted octanol–water partition coefficient (Wildman–Crippen LogP) is 2.41. The number of aryl methyl sites for hydroxylation is 1. The van der Waals surface area contributed by atoms with E-state index in [1.807, 2.05) is 13.0 Å².